The SMILES string of the molecule is CCCc1ccc(S(=O)(=O)NCC(c2ccc(OC)cc2)N2CCCC2)cc1. The van der Waals surface area contributed by atoms with E-state index in [0.717, 1.165) is 55.6 Å². The average Bonchev–Trinajstić information content (AvgIpc) is 3.24. The number of hydrogen-bond donors (Lipinski definition) is 1. The second-order valence-electron chi connectivity index (χ2n) is 7.28. The lowest BCUT2D eigenvalue weighted by atomic mass is 10.1. The van der Waals surface area contributed by atoms with Crippen molar-refractivity contribution in [2.45, 2.75) is 43.5 Å². The molecular formula is C22H30N2O3S. The molecule has 3 rings (SSSR count). The van der Waals surface area contributed by atoms with Crippen LogP contribution in [0.1, 0.15) is 43.4 Å². The van der Waals surface area contributed by atoms with Crippen molar-refractivity contribution in [3.63, 3.8) is 0 Å². The fourth-order valence-electron chi connectivity index (χ4n) is 3.73. The molecule has 152 valence electrons. The van der Waals surface area contributed by atoms with Gasteiger partial charge in [-0.05, 0) is 67.7 Å². The van der Waals surface area contributed by atoms with Gasteiger partial charge in [-0.25, -0.2) is 13.1 Å². The molecule has 0 aromatic heterocycles. The molecule has 0 bridgehead atoms. The molecule has 0 amide bonds. The van der Waals surface area contributed by atoms with Crippen LogP contribution in [0.3, 0.4) is 0 Å². The highest BCUT2D eigenvalue weighted by atomic mass is 32.2. The van der Waals surface area contributed by atoms with Crippen molar-refractivity contribution < 1.29 is 13.2 Å². The number of rotatable bonds is 9. The first kappa shape index (κ1) is 20.8. The van der Waals surface area contributed by atoms with Crippen LogP contribution in [0.2, 0.25) is 0 Å². The molecule has 2 aromatic carbocycles. The molecule has 1 saturated heterocycles. The van der Waals surface area contributed by atoms with Gasteiger partial charge in [-0.2, -0.15) is 0 Å². The summed E-state index contributed by atoms with van der Waals surface area (Å²) in [5.74, 6) is 0.802. The summed E-state index contributed by atoms with van der Waals surface area (Å²) in [6.07, 6.45) is 4.31. The van der Waals surface area contributed by atoms with Crippen molar-refractivity contribution in [1.29, 1.82) is 0 Å². The summed E-state index contributed by atoms with van der Waals surface area (Å²) in [4.78, 5) is 2.68. The normalized spacial score (nSPS) is 16.2. The predicted octanol–water partition coefficient (Wildman–Crippen LogP) is 3.76. The molecule has 1 aliphatic heterocycles. The van der Waals surface area contributed by atoms with E-state index in [-0.39, 0.29) is 6.04 Å². The van der Waals surface area contributed by atoms with E-state index in [0.29, 0.717) is 11.4 Å². The van der Waals surface area contributed by atoms with Gasteiger partial charge in [0.05, 0.1) is 12.0 Å². The van der Waals surface area contributed by atoms with E-state index < -0.39 is 10.0 Å². The number of nitrogens with zero attached hydrogens (tertiary/aromatic N) is 1. The smallest absolute Gasteiger partial charge is 0.240 e. The largest absolute Gasteiger partial charge is 0.497 e. The zero-order valence-corrected chi connectivity index (χ0v) is 17.5. The number of benzene rings is 2. The van der Waals surface area contributed by atoms with Gasteiger partial charge in [0, 0.05) is 12.6 Å². The minimum atomic E-state index is -3.54. The Morgan fingerprint density at radius 1 is 1.04 bits per heavy atom. The van der Waals surface area contributed by atoms with E-state index in [1.54, 1.807) is 19.2 Å². The minimum absolute atomic E-state index is 0.0162. The molecule has 0 saturated carbocycles. The second kappa shape index (κ2) is 9.54. The maximum Gasteiger partial charge on any atom is 0.240 e. The van der Waals surface area contributed by atoms with E-state index in [1.807, 2.05) is 36.4 Å². The highest BCUT2D eigenvalue weighted by Gasteiger charge is 2.25. The highest BCUT2D eigenvalue weighted by Crippen LogP contribution is 2.26. The van der Waals surface area contributed by atoms with Crippen LogP contribution < -0.4 is 9.46 Å². The van der Waals surface area contributed by atoms with Gasteiger partial charge in [0.15, 0.2) is 0 Å². The van der Waals surface area contributed by atoms with Gasteiger partial charge < -0.3 is 4.74 Å². The summed E-state index contributed by atoms with van der Waals surface area (Å²) in [6, 6.07) is 15.1. The van der Waals surface area contributed by atoms with Crippen LogP contribution in [0.25, 0.3) is 0 Å². The van der Waals surface area contributed by atoms with Crippen molar-refractivity contribution in [2.24, 2.45) is 0 Å². The molecule has 1 unspecified atom stereocenters. The van der Waals surface area contributed by atoms with E-state index in [9.17, 15) is 8.42 Å². The molecule has 1 aliphatic rings. The summed E-state index contributed by atoms with van der Waals surface area (Å²) >= 11 is 0. The first-order valence-corrected chi connectivity index (χ1v) is 11.5. The Morgan fingerprint density at radius 3 is 2.25 bits per heavy atom. The molecule has 0 radical (unpaired) electrons. The van der Waals surface area contributed by atoms with Crippen LogP contribution in [0, 0.1) is 0 Å². The van der Waals surface area contributed by atoms with Crippen molar-refractivity contribution in [3.05, 3.63) is 59.7 Å². The predicted molar refractivity (Wildman–Crippen MR) is 112 cm³/mol. The molecule has 0 aliphatic carbocycles. The van der Waals surface area contributed by atoms with Gasteiger partial charge in [-0.1, -0.05) is 37.6 Å². The monoisotopic (exact) mass is 402 g/mol. The van der Waals surface area contributed by atoms with Crippen molar-refractivity contribution in [3.8, 4) is 5.75 Å². The lowest BCUT2D eigenvalue weighted by Gasteiger charge is -2.28. The Kier molecular flexibility index (Phi) is 7.10. The van der Waals surface area contributed by atoms with Crippen LogP contribution in [-0.4, -0.2) is 40.1 Å². The van der Waals surface area contributed by atoms with Crippen LogP contribution in [-0.2, 0) is 16.4 Å². The van der Waals surface area contributed by atoms with Gasteiger partial charge >= 0.3 is 0 Å². The number of nitrogens with one attached hydrogen (secondary N) is 1. The van der Waals surface area contributed by atoms with Crippen LogP contribution in [0.15, 0.2) is 53.4 Å². The molecule has 5 nitrogen and oxygen atoms in total. The van der Waals surface area contributed by atoms with Crippen LogP contribution in [0.4, 0.5) is 0 Å². The molecule has 1 atom stereocenters. The Labute approximate surface area is 168 Å². The fourth-order valence-corrected chi connectivity index (χ4v) is 4.77. The number of sulfonamides is 1. The van der Waals surface area contributed by atoms with Crippen molar-refractivity contribution in [1.82, 2.24) is 9.62 Å². The lowest BCUT2D eigenvalue weighted by Crippen LogP contribution is -2.36. The third-order valence-corrected chi connectivity index (χ3v) is 6.76. The molecule has 6 heteroatoms. The Bertz CT molecular complexity index is 842. The number of likely N-dealkylation sites (tertiary alicyclic amines) is 1. The average molecular weight is 403 g/mol. The Morgan fingerprint density at radius 2 is 1.68 bits per heavy atom. The van der Waals surface area contributed by atoms with E-state index in [1.165, 1.54) is 0 Å². The Hall–Kier alpha value is -1.89. The van der Waals surface area contributed by atoms with Gasteiger partial charge in [0.25, 0.3) is 0 Å². The summed E-state index contributed by atoms with van der Waals surface area (Å²) in [6.45, 7) is 4.45. The summed E-state index contributed by atoms with van der Waals surface area (Å²) < 4.78 is 33.7. The number of ether oxygens (including phenoxy) is 1. The zero-order chi connectivity index (χ0) is 20.0. The quantitative estimate of drug-likeness (QED) is 0.694. The van der Waals surface area contributed by atoms with E-state index in [4.69, 9.17) is 4.74 Å². The van der Waals surface area contributed by atoms with E-state index >= 15 is 0 Å². The molecule has 1 heterocycles. The van der Waals surface area contributed by atoms with E-state index in [2.05, 4.69) is 16.5 Å². The van der Waals surface area contributed by atoms with Gasteiger partial charge in [-0.3, -0.25) is 4.90 Å². The van der Waals surface area contributed by atoms with Gasteiger partial charge in [0.2, 0.25) is 10.0 Å². The van der Waals surface area contributed by atoms with Crippen molar-refractivity contribution in [2.75, 3.05) is 26.7 Å². The van der Waals surface area contributed by atoms with Gasteiger partial charge in [0.1, 0.15) is 5.75 Å². The third-order valence-electron chi connectivity index (χ3n) is 5.32. The van der Waals surface area contributed by atoms with Gasteiger partial charge in [-0.15, -0.1) is 0 Å². The summed E-state index contributed by atoms with van der Waals surface area (Å²) in [7, 11) is -1.89. The number of methoxy groups -OCH3 is 1. The summed E-state index contributed by atoms with van der Waals surface area (Å²) in [5, 5.41) is 0. The first-order valence-electron chi connectivity index (χ1n) is 10.00. The third kappa shape index (κ3) is 5.13. The maximum atomic E-state index is 12.8. The molecular weight excluding hydrogens is 372 g/mol. The summed E-state index contributed by atoms with van der Waals surface area (Å²) in [5.41, 5.74) is 2.26. The minimum Gasteiger partial charge on any atom is -0.497 e. The second-order valence-corrected chi connectivity index (χ2v) is 9.04. The Balaban J connectivity index is 1.74. The molecule has 2 aromatic rings. The topological polar surface area (TPSA) is 58.6 Å². The zero-order valence-electron chi connectivity index (χ0n) is 16.7. The first-order chi connectivity index (χ1) is 13.5. The molecule has 1 N–H and O–H groups in total. The van der Waals surface area contributed by atoms with Crippen molar-refractivity contribution >= 4 is 10.0 Å². The fraction of sp³-hybridized carbons (Fsp3) is 0.455. The van der Waals surface area contributed by atoms with Crippen LogP contribution >= 0.6 is 0 Å². The van der Waals surface area contributed by atoms with Crippen LogP contribution in [0.5, 0.6) is 5.75 Å². The molecule has 1 fully saturated rings. The standard InChI is InChI=1S/C22H30N2O3S/c1-3-6-18-7-13-21(14-8-18)28(25,26)23-17-22(24-15-4-5-16-24)19-9-11-20(27-2)12-10-19/h7-14,22-23H,3-6,15-17H2,1-2H3. The maximum absolute atomic E-state index is 12.8. The molecule has 0 spiro atoms. The lowest BCUT2D eigenvalue weighted by molar-refractivity contribution is 0.246. The number of hydrogen-bond acceptors (Lipinski definition) is 4. The highest BCUT2D eigenvalue weighted by molar-refractivity contribution is 7.89. The number of aryl methyl sites for hydroxylation is 1. The molecule has 28 heavy (non-hydrogen) atoms.